The number of imide groups is 1. The third-order valence-corrected chi connectivity index (χ3v) is 7.11. The number of amides is 4. The van der Waals surface area contributed by atoms with Crippen LogP contribution in [0, 0.1) is 5.82 Å². The Labute approximate surface area is 229 Å². The van der Waals surface area contributed by atoms with Gasteiger partial charge in [-0.2, -0.15) is 13.2 Å². The zero-order valence-electron chi connectivity index (χ0n) is 20.7. The summed E-state index contributed by atoms with van der Waals surface area (Å²) in [4.78, 5) is 60.3. The summed E-state index contributed by atoms with van der Waals surface area (Å²) in [6.45, 7) is -0.271. The largest absolute Gasteiger partial charge is 0.416 e. The SMILES string of the molecule is CC1(CN2C(=O)c3ccccc3C2=O)C(=O)N(c2ncc(Cl)cc2F)CC(=O)N1Cc1ccc(C(F)(F)F)cc1. The average Bonchev–Trinajstić information content (AvgIpc) is 3.14. The van der Waals surface area contributed by atoms with Gasteiger partial charge in [0.05, 0.1) is 28.3 Å². The molecule has 3 heterocycles. The van der Waals surface area contributed by atoms with Crippen molar-refractivity contribution in [2.45, 2.75) is 25.2 Å². The molecule has 5 rings (SSSR count). The quantitative estimate of drug-likeness (QED) is 0.334. The fraction of sp³-hybridized carbons (Fsp3) is 0.222. The van der Waals surface area contributed by atoms with E-state index in [0.29, 0.717) is 0 Å². The van der Waals surface area contributed by atoms with Crippen LogP contribution in [-0.2, 0) is 22.3 Å². The van der Waals surface area contributed by atoms with E-state index in [4.69, 9.17) is 11.6 Å². The van der Waals surface area contributed by atoms with Crippen molar-refractivity contribution in [2.24, 2.45) is 0 Å². The first-order valence-electron chi connectivity index (χ1n) is 11.9. The maximum atomic E-state index is 14.8. The molecule has 0 aliphatic carbocycles. The lowest BCUT2D eigenvalue weighted by Crippen LogP contribution is -2.70. The molecule has 0 spiro atoms. The van der Waals surface area contributed by atoms with Crippen LogP contribution >= 0.6 is 11.6 Å². The van der Waals surface area contributed by atoms with E-state index in [1.807, 2.05) is 0 Å². The van der Waals surface area contributed by atoms with E-state index in [1.54, 1.807) is 12.1 Å². The van der Waals surface area contributed by atoms with Gasteiger partial charge in [0, 0.05) is 12.7 Å². The summed E-state index contributed by atoms with van der Waals surface area (Å²) in [5, 5.41) is -0.0465. The molecule has 1 fully saturated rings. The number of nitrogens with zero attached hydrogens (tertiary/aromatic N) is 4. The molecule has 13 heteroatoms. The van der Waals surface area contributed by atoms with Gasteiger partial charge < -0.3 is 4.90 Å². The van der Waals surface area contributed by atoms with Crippen LogP contribution in [0.15, 0.2) is 60.8 Å². The average molecular weight is 575 g/mol. The van der Waals surface area contributed by atoms with E-state index in [2.05, 4.69) is 4.98 Å². The molecular weight excluding hydrogens is 556 g/mol. The van der Waals surface area contributed by atoms with Crippen molar-refractivity contribution in [3.05, 3.63) is 93.9 Å². The van der Waals surface area contributed by atoms with Gasteiger partial charge in [-0.1, -0.05) is 35.9 Å². The molecule has 0 N–H and O–H groups in total. The predicted molar refractivity (Wildman–Crippen MR) is 134 cm³/mol. The number of fused-ring (bicyclic) bond motifs is 1. The van der Waals surface area contributed by atoms with E-state index in [0.717, 1.165) is 51.2 Å². The van der Waals surface area contributed by atoms with Gasteiger partial charge in [-0.3, -0.25) is 29.0 Å². The van der Waals surface area contributed by atoms with E-state index in [-0.39, 0.29) is 28.3 Å². The third-order valence-electron chi connectivity index (χ3n) is 6.91. The fourth-order valence-corrected chi connectivity index (χ4v) is 4.98. The van der Waals surface area contributed by atoms with Crippen LogP contribution in [0.2, 0.25) is 5.02 Å². The highest BCUT2D eigenvalue weighted by Crippen LogP contribution is 2.35. The van der Waals surface area contributed by atoms with Crippen molar-refractivity contribution < 1.29 is 36.7 Å². The van der Waals surface area contributed by atoms with Crippen molar-refractivity contribution in [3.63, 3.8) is 0 Å². The maximum absolute atomic E-state index is 14.8. The monoisotopic (exact) mass is 574 g/mol. The summed E-state index contributed by atoms with van der Waals surface area (Å²) in [5.74, 6) is -4.41. The van der Waals surface area contributed by atoms with Gasteiger partial charge in [0.2, 0.25) is 5.91 Å². The third kappa shape index (κ3) is 4.57. The molecule has 1 atom stereocenters. The molecule has 2 aromatic carbocycles. The van der Waals surface area contributed by atoms with Gasteiger partial charge in [0.25, 0.3) is 17.7 Å². The Hall–Kier alpha value is -4.32. The number of carbonyl (C=O) groups is 4. The molecule has 206 valence electrons. The number of rotatable bonds is 5. The van der Waals surface area contributed by atoms with Crippen molar-refractivity contribution in [2.75, 3.05) is 18.0 Å². The van der Waals surface area contributed by atoms with Gasteiger partial charge in [0.1, 0.15) is 12.1 Å². The number of hydrogen-bond acceptors (Lipinski definition) is 5. The normalized spacial score (nSPS) is 19.5. The molecule has 0 bridgehead atoms. The van der Waals surface area contributed by atoms with Crippen molar-refractivity contribution in [3.8, 4) is 0 Å². The lowest BCUT2D eigenvalue weighted by molar-refractivity contribution is -0.151. The Kier molecular flexibility index (Phi) is 6.61. The van der Waals surface area contributed by atoms with Crippen LogP contribution in [0.4, 0.5) is 23.4 Å². The van der Waals surface area contributed by atoms with Crippen LogP contribution in [0.1, 0.15) is 38.8 Å². The topological polar surface area (TPSA) is 90.9 Å². The highest BCUT2D eigenvalue weighted by molar-refractivity contribution is 6.30. The molecule has 40 heavy (non-hydrogen) atoms. The van der Waals surface area contributed by atoms with E-state index in [1.165, 1.54) is 19.1 Å². The first-order valence-corrected chi connectivity index (χ1v) is 12.2. The van der Waals surface area contributed by atoms with E-state index < -0.39 is 65.6 Å². The predicted octanol–water partition coefficient (Wildman–Crippen LogP) is 4.32. The molecule has 1 aromatic heterocycles. The minimum Gasteiger partial charge on any atom is -0.321 e. The molecule has 0 radical (unpaired) electrons. The van der Waals surface area contributed by atoms with Crippen LogP contribution in [0.3, 0.4) is 0 Å². The first kappa shape index (κ1) is 27.3. The van der Waals surface area contributed by atoms with Crippen molar-refractivity contribution >= 4 is 41.0 Å². The Balaban J connectivity index is 1.54. The number of carbonyl (C=O) groups excluding carboxylic acids is 4. The van der Waals surface area contributed by atoms with Gasteiger partial charge in [-0.15, -0.1) is 0 Å². The highest BCUT2D eigenvalue weighted by Gasteiger charge is 2.53. The molecule has 3 aromatic rings. The number of aromatic nitrogens is 1. The Bertz CT molecular complexity index is 1530. The molecule has 1 saturated heterocycles. The Morgan fingerprint density at radius 2 is 1.57 bits per heavy atom. The van der Waals surface area contributed by atoms with Crippen LogP contribution in [0.25, 0.3) is 0 Å². The summed E-state index contributed by atoms with van der Waals surface area (Å²) < 4.78 is 54.0. The number of pyridine rings is 1. The van der Waals surface area contributed by atoms with Gasteiger partial charge in [-0.05, 0) is 42.8 Å². The summed E-state index contributed by atoms with van der Waals surface area (Å²) in [6.07, 6.45) is -3.49. The molecular formula is C27H19ClF4N4O4. The van der Waals surface area contributed by atoms with Crippen molar-refractivity contribution in [1.82, 2.24) is 14.8 Å². The first-order chi connectivity index (χ1) is 18.8. The van der Waals surface area contributed by atoms with Gasteiger partial charge in [0.15, 0.2) is 11.6 Å². The number of hydrogen-bond donors (Lipinski definition) is 0. The summed E-state index contributed by atoms with van der Waals surface area (Å²) in [7, 11) is 0. The minimum absolute atomic E-state index is 0.0465. The molecule has 1 unspecified atom stereocenters. The van der Waals surface area contributed by atoms with Crippen molar-refractivity contribution in [1.29, 1.82) is 0 Å². The van der Waals surface area contributed by atoms with Gasteiger partial charge in [-0.25, -0.2) is 9.37 Å². The summed E-state index contributed by atoms with van der Waals surface area (Å²) in [6, 6.07) is 11.0. The number of alkyl halides is 3. The van der Waals surface area contributed by atoms with Crippen LogP contribution < -0.4 is 4.90 Å². The Morgan fingerprint density at radius 1 is 0.975 bits per heavy atom. The Morgan fingerprint density at radius 3 is 2.12 bits per heavy atom. The second-order valence-corrected chi connectivity index (χ2v) is 9.98. The molecule has 8 nitrogen and oxygen atoms in total. The molecule has 2 aliphatic heterocycles. The summed E-state index contributed by atoms with van der Waals surface area (Å²) >= 11 is 5.79. The smallest absolute Gasteiger partial charge is 0.321 e. The van der Waals surface area contributed by atoms with Gasteiger partial charge >= 0.3 is 6.18 Å². The second-order valence-electron chi connectivity index (χ2n) is 9.54. The molecule has 4 amide bonds. The lowest BCUT2D eigenvalue weighted by Gasteiger charge is -2.48. The zero-order chi connectivity index (χ0) is 29.0. The zero-order valence-corrected chi connectivity index (χ0v) is 21.5. The summed E-state index contributed by atoms with van der Waals surface area (Å²) in [5.41, 5.74) is -2.36. The highest BCUT2D eigenvalue weighted by atomic mass is 35.5. The van der Waals surface area contributed by atoms with E-state index >= 15 is 0 Å². The number of piperazine rings is 1. The van der Waals surface area contributed by atoms with E-state index in [9.17, 15) is 36.7 Å². The standard InChI is InChI=1S/C27H19ClF4N4O4/c1-26(14-35-23(38)18-4-2-3-5-19(18)24(35)39)25(40)34(22-20(29)10-17(28)11-33-22)13-21(37)36(26)12-15-6-8-16(9-7-15)27(30,31)32/h2-11H,12-14H2,1H3. The number of halogens is 5. The molecule has 0 saturated carbocycles. The van der Waals surface area contributed by atoms with Crippen LogP contribution in [0.5, 0.6) is 0 Å². The minimum atomic E-state index is -4.58. The second kappa shape index (κ2) is 9.70. The maximum Gasteiger partial charge on any atom is 0.416 e. The number of benzene rings is 2. The fourth-order valence-electron chi connectivity index (χ4n) is 4.84. The molecule has 2 aliphatic rings. The van der Waals surface area contributed by atoms with Crippen LogP contribution in [-0.4, -0.2) is 57.0 Å². The lowest BCUT2D eigenvalue weighted by atomic mass is 9.92. The number of anilines is 1.